The summed E-state index contributed by atoms with van der Waals surface area (Å²) in [6.07, 6.45) is 2.39. The van der Waals surface area contributed by atoms with E-state index in [2.05, 4.69) is 98.7 Å². The van der Waals surface area contributed by atoms with Gasteiger partial charge in [0.1, 0.15) is 0 Å². The van der Waals surface area contributed by atoms with Crippen LogP contribution in [0.4, 0.5) is 0 Å². The van der Waals surface area contributed by atoms with Crippen LogP contribution in [0.1, 0.15) is 101 Å². The van der Waals surface area contributed by atoms with E-state index in [-0.39, 0.29) is 10.8 Å². The van der Waals surface area contributed by atoms with Crippen molar-refractivity contribution in [3.63, 3.8) is 0 Å². The molecule has 0 N–H and O–H groups in total. The van der Waals surface area contributed by atoms with Crippen LogP contribution in [0.5, 0.6) is 0 Å². The zero-order valence-electron chi connectivity index (χ0n) is 18.5. The first-order chi connectivity index (χ1) is 11.9. The summed E-state index contributed by atoms with van der Waals surface area (Å²) in [5.41, 5.74) is 9.05. The van der Waals surface area contributed by atoms with E-state index in [1.165, 1.54) is 46.2 Å². The molecule has 2 rings (SSSR count). The Morgan fingerprint density at radius 2 is 1.08 bits per heavy atom. The molecule has 0 fully saturated rings. The highest BCUT2D eigenvalue weighted by Crippen LogP contribution is 2.41. The van der Waals surface area contributed by atoms with Gasteiger partial charge in [0.2, 0.25) is 0 Å². The van der Waals surface area contributed by atoms with Gasteiger partial charge < -0.3 is 0 Å². The Labute approximate surface area is 162 Å². The topological polar surface area (TPSA) is 0 Å². The van der Waals surface area contributed by atoms with Crippen molar-refractivity contribution in [2.24, 2.45) is 0 Å². The van der Waals surface area contributed by atoms with Crippen molar-refractivity contribution in [1.82, 2.24) is 0 Å². The van der Waals surface area contributed by atoms with Crippen LogP contribution in [0, 0.1) is 13.8 Å². The van der Waals surface area contributed by atoms with E-state index in [1.54, 1.807) is 0 Å². The molecule has 0 unspecified atom stereocenters. The van der Waals surface area contributed by atoms with Crippen LogP contribution >= 0.6 is 0 Å². The molecule has 0 nitrogen and oxygen atoms in total. The standard InChI is InChI=1S/C26H38/c1-10-11-20(21-16-18(2)12-14-23(21)25(4,5)6)22-17-19(3)13-15-24(22)26(7,8)9/h12-17,20H,10-11H2,1-9H3. The van der Waals surface area contributed by atoms with Crippen molar-refractivity contribution in [2.45, 2.75) is 91.9 Å². The summed E-state index contributed by atoms with van der Waals surface area (Å²) in [6.45, 7) is 20.8. The molecule has 0 aliphatic rings. The van der Waals surface area contributed by atoms with Crippen LogP contribution in [0.15, 0.2) is 36.4 Å². The average molecular weight is 351 g/mol. The molecule has 0 spiro atoms. The lowest BCUT2D eigenvalue weighted by molar-refractivity contribution is 0.554. The number of rotatable bonds is 4. The van der Waals surface area contributed by atoms with Crippen LogP contribution in [-0.4, -0.2) is 0 Å². The smallest absolute Gasteiger partial charge is 0.00953 e. The number of hydrogen-bond acceptors (Lipinski definition) is 0. The monoisotopic (exact) mass is 350 g/mol. The highest BCUT2D eigenvalue weighted by atomic mass is 14.3. The second-order valence-electron chi connectivity index (χ2n) is 10.0. The summed E-state index contributed by atoms with van der Waals surface area (Å²) in [4.78, 5) is 0. The van der Waals surface area contributed by atoms with Gasteiger partial charge in [-0.15, -0.1) is 0 Å². The molecule has 2 aromatic rings. The minimum absolute atomic E-state index is 0.154. The fourth-order valence-electron chi connectivity index (χ4n) is 4.07. The van der Waals surface area contributed by atoms with Crippen molar-refractivity contribution < 1.29 is 0 Å². The molecule has 0 aliphatic carbocycles. The van der Waals surface area contributed by atoms with Crippen molar-refractivity contribution in [3.05, 3.63) is 69.8 Å². The lowest BCUT2D eigenvalue weighted by Crippen LogP contribution is -2.20. The third-order valence-electron chi connectivity index (χ3n) is 5.36. The molecule has 0 aliphatic heterocycles. The first kappa shape index (κ1) is 20.7. The van der Waals surface area contributed by atoms with Crippen molar-refractivity contribution in [2.75, 3.05) is 0 Å². The fourth-order valence-corrected chi connectivity index (χ4v) is 4.07. The normalized spacial score (nSPS) is 12.7. The number of aryl methyl sites for hydroxylation is 2. The molecule has 142 valence electrons. The highest BCUT2D eigenvalue weighted by molar-refractivity contribution is 5.48. The minimum atomic E-state index is 0.154. The zero-order valence-corrected chi connectivity index (χ0v) is 18.5. The quantitative estimate of drug-likeness (QED) is 0.527. The van der Waals surface area contributed by atoms with Crippen molar-refractivity contribution in [1.29, 1.82) is 0 Å². The Bertz CT molecular complexity index is 687. The van der Waals surface area contributed by atoms with Gasteiger partial charge in [-0.2, -0.15) is 0 Å². The molecule has 0 saturated heterocycles. The molecule has 0 heteroatoms. The highest BCUT2D eigenvalue weighted by Gasteiger charge is 2.28. The van der Waals surface area contributed by atoms with Gasteiger partial charge in [-0.25, -0.2) is 0 Å². The molecule has 0 heterocycles. The Morgan fingerprint density at radius 1 is 0.692 bits per heavy atom. The van der Waals surface area contributed by atoms with Gasteiger partial charge in [0.05, 0.1) is 0 Å². The van der Waals surface area contributed by atoms with E-state index >= 15 is 0 Å². The van der Waals surface area contributed by atoms with Crippen LogP contribution < -0.4 is 0 Å². The lowest BCUT2D eigenvalue weighted by Gasteiger charge is -2.32. The van der Waals surface area contributed by atoms with Crippen LogP contribution in [0.25, 0.3) is 0 Å². The number of benzene rings is 2. The molecular formula is C26H38. The van der Waals surface area contributed by atoms with E-state index < -0.39 is 0 Å². The van der Waals surface area contributed by atoms with Gasteiger partial charge >= 0.3 is 0 Å². The molecule has 0 atom stereocenters. The Morgan fingerprint density at radius 3 is 1.38 bits per heavy atom. The van der Waals surface area contributed by atoms with E-state index in [9.17, 15) is 0 Å². The lowest BCUT2D eigenvalue weighted by atomic mass is 9.72. The predicted molar refractivity (Wildman–Crippen MR) is 117 cm³/mol. The van der Waals surface area contributed by atoms with Crippen molar-refractivity contribution >= 4 is 0 Å². The Balaban J connectivity index is 2.77. The summed E-state index contributed by atoms with van der Waals surface area (Å²) in [5, 5.41) is 0. The minimum Gasteiger partial charge on any atom is -0.0653 e. The molecular weight excluding hydrogens is 312 g/mol. The summed E-state index contributed by atoms with van der Waals surface area (Å²) in [7, 11) is 0. The van der Waals surface area contributed by atoms with E-state index in [0.29, 0.717) is 5.92 Å². The van der Waals surface area contributed by atoms with Gasteiger partial charge in [0.15, 0.2) is 0 Å². The van der Waals surface area contributed by atoms with Crippen LogP contribution in [0.2, 0.25) is 0 Å². The third kappa shape index (κ3) is 4.58. The molecule has 0 saturated carbocycles. The molecule has 0 aromatic heterocycles. The molecule has 0 radical (unpaired) electrons. The first-order valence-corrected chi connectivity index (χ1v) is 10.2. The van der Waals surface area contributed by atoms with E-state index in [0.717, 1.165) is 0 Å². The van der Waals surface area contributed by atoms with Gasteiger partial charge in [-0.05, 0) is 53.4 Å². The summed E-state index contributed by atoms with van der Waals surface area (Å²) < 4.78 is 0. The van der Waals surface area contributed by atoms with E-state index in [1.807, 2.05) is 0 Å². The molecule has 0 bridgehead atoms. The molecule has 26 heavy (non-hydrogen) atoms. The van der Waals surface area contributed by atoms with Crippen LogP contribution in [0.3, 0.4) is 0 Å². The summed E-state index contributed by atoms with van der Waals surface area (Å²) in [5.74, 6) is 0.461. The zero-order chi connectivity index (χ0) is 19.7. The fraction of sp³-hybridized carbons (Fsp3) is 0.538. The Kier molecular flexibility index (Phi) is 6.06. The van der Waals surface area contributed by atoms with Gasteiger partial charge in [0.25, 0.3) is 0 Å². The predicted octanol–water partition coefficient (Wildman–Crippen LogP) is 7.83. The third-order valence-corrected chi connectivity index (χ3v) is 5.36. The van der Waals surface area contributed by atoms with Gasteiger partial charge in [-0.3, -0.25) is 0 Å². The molecule has 0 amide bonds. The number of hydrogen-bond donors (Lipinski definition) is 0. The van der Waals surface area contributed by atoms with Crippen molar-refractivity contribution in [3.8, 4) is 0 Å². The maximum Gasteiger partial charge on any atom is 0.00953 e. The Hall–Kier alpha value is -1.56. The second kappa shape index (κ2) is 7.59. The molecule has 2 aromatic carbocycles. The van der Waals surface area contributed by atoms with Gasteiger partial charge in [-0.1, -0.05) is 102 Å². The maximum atomic E-state index is 2.44. The van der Waals surface area contributed by atoms with Crippen LogP contribution in [-0.2, 0) is 10.8 Å². The first-order valence-electron chi connectivity index (χ1n) is 10.2. The largest absolute Gasteiger partial charge is 0.0653 e. The van der Waals surface area contributed by atoms with Gasteiger partial charge in [0, 0.05) is 5.92 Å². The summed E-state index contributed by atoms with van der Waals surface area (Å²) >= 11 is 0. The SMILES string of the molecule is CCCC(c1cc(C)ccc1C(C)(C)C)c1cc(C)ccc1C(C)(C)C. The average Bonchev–Trinajstić information content (AvgIpc) is 2.50. The maximum absolute atomic E-state index is 2.44. The second-order valence-corrected chi connectivity index (χ2v) is 10.0. The summed E-state index contributed by atoms with van der Waals surface area (Å²) in [6, 6.07) is 14.1. The van der Waals surface area contributed by atoms with E-state index in [4.69, 9.17) is 0 Å².